The number of alkyl halides is 1. The molecule has 1 atom stereocenters. The van der Waals surface area contributed by atoms with Gasteiger partial charge in [0.05, 0.1) is 0 Å². The second-order valence-electron chi connectivity index (χ2n) is 4.52. The first-order chi connectivity index (χ1) is 6.19. The van der Waals surface area contributed by atoms with Crippen LogP contribution in [0.2, 0.25) is 0 Å². The number of allylic oxidation sites excluding steroid dienone is 1. The van der Waals surface area contributed by atoms with Crippen LogP contribution in [-0.2, 0) is 0 Å². The van der Waals surface area contributed by atoms with E-state index in [9.17, 15) is 0 Å². The Labute approximate surface area is 90.9 Å². The highest BCUT2D eigenvalue weighted by molar-refractivity contribution is 9.09. The molecule has 1 rings (SSSR count). The molecule has 76 valence electrons. The van der Waals surface area contributed by atoms with E-state index >= 15 is 0 Å². The van der Waals surface area contributed by atoms with Gasteiger partial charge < -0.3 is 0 Å². The average Bonchev–Trinajstić information content (AvgIpc) is 2.11. The average molecular weight is 245 g/mol. The highest BCUT2D eigenvalue weighted by Gasteiger charge is 2.29. The predicted octanol–water partition coefficient (Wildman–Crippen LogP) is 4.69. The molecule has 0 bridgehead atoms. The molecule has 1 fully saturated rings. The molecule has 13 heavy (non-hydrogen) atoms. The summed E-state index contributed by atoms with van der Waals surface area (Å²) < 4.78 is 0. The van der Waals surface area contributed by atoms with Gasteiger partial charge >= 0.3 is 0 Å². The fraction of sp³-hybridized carbons (Fsp3) is 0.833. The summed E-state index contributed by atoms with van der Waals surface area (Å²) in [6, 6.07) is 0. The second kappa shape index (κ2) is 5.19. The molecule has 0 amide bonds. The number of hydrogen-bond donors (Lipinski definition) is 0. The molecule has 0 nitrogen and oxygen atoms in total. The SMILES string of the molecule is C=C1CCCCC1(C)CCCCBr. The van der Waals surface area contributed by atoms with E-state index in [0.29, 0.717) is 5.41 Å². The summed E-state index contributed by atoms with van der Waals surface area (Å²) in [7, 11) is 0. The van der Waals surface area contributed by atoms with E-state index in [1.165, 1.54) is 50.5 Å². The molecule has 0 aliphatic heterocycles. The maximum atomic E-state index is 4.23. The van der Waals surface area contributed by atoms with Crippen molar-refractivity contribution in [3.05, 3.63) is 12.2 Å². The van der Waals surface area contributed by atoms with Crippen molar-refractivity contribution in [3.8, 4) is 0 Å². The zero-order valence-corrected chi connectivity index (χ0v) is 10.3. The van der Waals surface area contributed by atoms with Gasteiger partial charge in [0.25, 0.3) is 0 Å². The quantitative estimate of drug-likeness (QED) is 0.383. The van der Waals surface area contributed by atoms with Crippen molar-refractivity contribution in [2.75, 3.05) is 5.33 Å². The maximum Gasteiger partial charge on any atom is 0.00313 e. The lowest BCUT2D eigenvalue weighted by Gasteiger charge is -2.36. The highest BCUT2D eigenvalue weighted by atomic mass is 79.9. The van der Waals surface area contributed by atoms with Crippen molar-refractivity contribution in [3.63, 3.8) is 0 Å². The van der Waals surface area contributed by atoms with Crippen LogP contribution in [0.25, 0.3) is 0 Å². The molecule has 1 saturated carbocycles. The number of halogens is 1. The first-order valence-electron chi connectivity index (χ1n) is 5.43. The van der Waals surface area contributed by atoms with E-state index in [4.69, 9.17) is 0 Å². The van der Waals surface area contributed by atoms with Gasteiger partial charge in [0, 0.05) is 5.33 Å². The van der Waals surface area contributed by atoms with Crippen molar-refractivity contribution in [1.82, 2.24) is 0 Å². The largest absolute Gasteiger partial charge is 0.0993 e. The van der Waals surface area contributed by atoms with Crippen molar-refractivity contribution in [2.24, 2.45) is 5.41 Å². The molecule has 1 heteroatoms. The van der Waals surface area contributed by atoms with Crippen LogP contribution in [0, 0.1) is 5.41 Å². The molecule has 1 aliphatic rings. The Kier molecular flexibility index (Phi) is 4.51. The monoisotopic (exact) mass is 244 g/mol. The Hall–Kier alpha value is 0.220. The topological polar surface area (TPSA) is 0 Å². The van der Waals surface area contributed by atoms with Gasteiger partial charge in [-0.3, -0.25) is 0 Å². The third-order valence-electron chi connectivity index (χ3n) is 3.42. The number of unbranched alkanes of at least 4 members (excludes halogenated alkanes) is 1. The minimum absolute atomic E-state index is 0.473. The van der Waals surface area contributed by atoms with Gasteiger partial charge in [-0.25, -0.2) is 0 Å². The zero-order valence-electron chi connectivity index (χ0n) is 8.74. The van der Waals surface area contributed by atoms with Crippen molar-refractivity contribution >= 4 is 15.9 Å². The minimum atomic E-state index is 0.473. The van der Waals surface area contributed by atoms with E-state index in [2.05, 4.69) is 29.4 Å². The highest BCUT2D eigenvalue weighted by Crippen LogP contribution is 2.43. The third kappa shape index (κ3) is 3.12. The summed E-state index contributed by atoms with van der Waals surface area (Å²) in [5.74, 6) is 0. The smallest absolute Gasteiger partial charge is 0.00313 e. The molecule has 1 aliphatic carbocycles. The van der Waals surface area contributed by atoms with Crippen LogP contribution >= 0.6 is 15.9 Å². The van der Waals surface area contributed by atoms with Gasteiger partial charge in [0.15, 0.2) is 0 Å². The van der Waals surface area contributed by atoms with Crippen LogP contribution in [0.3, 0.4) is 0 Å². The van der Waals surface area contributed by atoms with Gasteiger partial charge in [0.2, 0.25) is 0 Å². The van der Waals surface area contributed by atoms with E-state index in [1.54, 1.807) is 0 Å². The summed E-state index contributed by atoms with van der Waals surface area (Å²) in [6.45, 7) is 6.64. The van der Waals surface area contributed by atoms with E-state index in [0.717, 1.165) is 5.33 Å². The summed E-state index contributed by atoms with van der Waals surface area (Å²) >= 11 is 3.48. The molecule has 0 aromatic carbocycles. The van der Waals surface area contributed by atoms with E-state index < -0.39 is 0 Å². The standard InChI is InChI=1S/C12H21Br/c1-11-7-3-4-8-12(11,2)9-5-6-10-13/h1,3-10H2,2H3. The van der Waals surface area contributed by atoms with Gasteiger partial charge in [-0.15, -0.1) is 0 Å². The molecular weight excluding hydrogens is 224 g/mol. The van der Waals surface area contributed by atoms with Crippen LogP contribution in [0.5, 0.6) is 0 Å². The van der Waals surface area contributed by atoms with Gasteiger partial charge in [-0.05, 0) is 37.5 Å². The lowest BCUT2D eigenvalue weighted by molar-refractivity contribution is 0.276. The van der Waals surface area contributed by atoms with E-state index in [1.807, 2.05) is 0 Å². The summed E-state index contributed by atoms with van der Waals surface area (Å²) in [6.07, 6.45) is 9.41. The van der Waals surface area contributed by atoms with Crippen LogP contribution < -0.4 is 0 Å². The van der Waals surface area contributed by atoms with Crippen molar-refractivity contribution in [2.45, 2.75) is 51.9 Å². The Balaban J connectivity index is 2.38. The fourth-order valence-electron chi connectivity index (χ4n) is 2.24. The number of hydrogen-bond acceptors (Lipinski definition) is 0. The summed E-state index contributed by atoms with van der Waals surface area (Å²) in [5, 5.41) is 1.15. The lowest BCUT2D eigenvalue weighted by atomic mass is 9.69. The van der Waals surface area contributed by atoms with Gasteiger partial charge in [0.1, 0.15) is 0 Å². The third-order valence-corrected chi connectivity index (χ3v) is 3.98. The van der Waals surface area contributed by atoms with Crippen molar-refractivity contribution in [1.29, 1.82) is 0 Å². The molecule has 1 unspecified atom stereocenters. The first-order valence-corrected chi connectivity index (χ1v) is 6.55. The van der Waals surface area contributed by atoms with Gasteiger partial charge in [-0.1, -0.05) is 47.8 Å². The molecule has 0 radical (unpaired) electrons. The molecule has 0 aromatic rings. The molecule has 0 aromatic heterocycles. The zero-order chi connectivity index (χ0) is 9.73. The Morgan fingerprint density at radius 2 is 2.15 bits per heavy atom. The van der Waals surface area contributed by atoms with Crippen LogP contribution in [0.4, 0.5) is 0 Å². The first kappa shape index (κ1) is 11.3. The predicted molar refractivity (Wildman–Crippen MR) is 63.4 cm³/mol. The van der Waals surface area contributed by atoms with E-state index in [-0.39, 0.29) is 0 Å². The Bertz CT molecular complexity index is 174. The second-order valence-corrected chi connectivity index (χ2v) is 5.31. The normalized spacial score (nSPS) is 29.2. The number of rotatable bonds is 4. The van der Waals surface area contributed by atoms with Crippen LogP contribution in [0.15, 0.2) is 12.2 Å². The van der Waals surface area contributed by atoms with Crippen molar-refractivity contribution < 1.29 is 0 Å². The summed E-state index contributed by atoms with van der Waals surface area (Å²) in [5.41, 5.74) is 1.98. The maximum absolute atomic E-state index is 4.23. The molecular formula is C12H21Br. The van der Waals surface area contributed by atoms with Gasteiger partial charge in [-0.2, -0.15) is 0 Å². The van der Waals surface area contributed by atoms with Crippen LogP contribution in [-0.4, -0.2) is 5.33 Å². The van der Waals surface area contributed by atoms with Crippen LogP contribution in [0.1, 0.15) is 51.9 Å². The molecule has 0 spiro atoms. The Morgan fingerprint density at radius 1 is 1.38 bits per heavy atom. The molecule has 0 saturated heterocycles. The fourth-order valence-corrected chi connectivity index (χ4v) is 2.64. The molecule has 0 heterocycles. The lowest BCUT2D eigenvalue weighted by Crippen LogP contribution is -2.22. The Morgan fingerprint density at radius 3 is 2.77 bits per heavy atom. The molecule has 0 N–H and O–H groups in total. The minimum Gasteiger partial charge on any atom is -0.0993 e. The summed E-state index contributed by atoms with van der Waals surface area (Å²) in [4.78, 5) is 0.